The second-order valence-electron chi connectivity index (χ2n) is 3.59. The third-order valence-electron chi connectivity index (χ3n) is 2.32. The first-order valence-electron chi connectivity index (χ1n) is 4.23. The van der Waals surface area contributed by atoms with E-state index in [9.17, 15) is 0 Å². The molecule has 0 saturated heterocycles. The standard InChI is InChI=1S/C11H11.Al/c1-8-3-4-10-6-9(2)7-11(10)5-8;/h3,5,7H,6H2,1-2H3;. The van der Waals surface area contributed by atoms with E-state index < -0.39 is 0 Å². The van der Waals surface area contributed by atoms with Crippen LogP contribution in [-0.4, -0.2) is 16.3 Å². The molecular weight excluding hydrogens is 159 g/mol. The van der Waals surface area contributed by atoms with Crippen molar-refractivity contribution in [1.29, 1.82) is 0 Å². The number of fused-ring (bicyclic) bond motifs is 1. The lowest BCUT2D eigenvalue weighted by atomic mass is 10.1. The molecule has 2 rings (SSSR count). The van der Waals surface area contributed by atoms with Crippen LogP contribution in [0.5, 0.6) is 0 Å². The summed E-state index contributed by atoms with van der Waals surface area (Å²) in [5.41, 5.74) is 5.73. The molecule has 0 N–H and O–H groups in total. The van der Waals surface area contributed by atoms with Crippen molar-refractivity contribution in [3.8, 4) is 0 Å². The molecule has 12 heavy (non-hydrogen) atoms. The van der Waals surface area contributed by atoms with Crippen LogP contribution in [0.25, 0.3) is 6.08 Å². The average molecular weight is 170 g/mol. The Hall–Kier alpha value is -0.508. The lowest BCUT2D eigenvalue weighted by Gasteiger charge is -2.06. The minimum absolute atomic E-state index is 1.13. The van der Waals surface area contributed by atoms with E-state index in [2.05, 4.69) is 48.3 Å². The summed E-state index contributed by atoms with van der Waals surface area (Å²) in [5, 5.41) is 0. The van der Waals surface area contributed by atoms with Gasteiger partial charge in [-0.15, -0.1) is 4.43 Å². The molecule has 0 bridgehead atoms. The molecule has 1 aliphatic carbocycles. The van der Waals surface area contributed by atoms with Gasteiger partial charge in [-0.25, -0.2) is 0 Å². The summed E-state index contributed by atoms with van der Waals surface area (Å²) >= 11 is 2.82. The first kappa shape index (κ1) is 8.11. The van der Waals surface area contributed by atoms with Crippen molar-refractivity contribution in [2.45, 2.75) is 20.3 Å². The molecule has 0 fully saturated rings. The highest BCUT2D eigenvalue weighted by Gasteiger charge is 2.10. The summed E-state index contributed by atoms with van der Waals surface area (Å²) in [6, 6.07) is 4.50. The van der Waals surface area contributed by atoms with Gasteiger partial charge in [-0.2, -0.15) is 0 Å². The van der Waals surface area contributed by atoms with E-state index in [0.717, 1.165) is 6.42 Å². The van der Waals surface area contributed by atoms with Crippen molar-refractivity contribution in [3.05, 3.63) is 34.4 Å². The van der Waals surface area contributed by atoms with Gasteiger partial charge in [-0.1, -0.05) is 34.9 Å². The highest BCUT2D eigenvalue weighted by atomic mass is 27.0. The van der Waals surface area contributed by atoms with Crippen molar-refractivity contribution >= 4 is 26.8 Å². The van der Waals surface area contributed by atoms with E-state index in [0.29, 0.717) is 0 Å². The van der Waals surface area contributed by atoms with Crippen LogP contribution in [0.4, 0.5) is 0 Å². The summed E-state index contributed by atoms with van der Waals surface area (Å²) in [6.45, 7) is 4.34. The monoisotopic (exact) mass is 170 g/mol. The van der Waals surface area contributed by atoms with E-state index in [1.54, 1.807) is 0 Å². The Morgan fingerprint density at radius 1 is 1.25 bits per heavy atom. The lowest BCUT2D eigenvalue weighted by molar-refractivity contribution is 1.20. The number of aryl methyl sites for hydroxylation is 1. The molecule has 0 amide bonds. The van der Waals surface area contributed by atoms with Crippen LogP contribution in [0, 0.1) is 6.92 Å². The minimum Gasteiger partial charge on any atom is -0.135 e. The zero-order chi connectivity index (χ0) is 8.72. The van der Waals surface area contributed by atoms with Crippen molar-refractivity contribution in [2.24, 2.45) is 0 Å². The van der Waals surface area contributed by atoms with E-state index in [-0.39, 0.29) is 0 Å². The van der Waals surface area contributed by atoms with Crippen molar-refractivity contribution in [1.82, 2.24) is 0 Å². The fourth-order valence-corrected chi connectivity index (χ4v) is 2.33. The highest BCUT2D eigenvalue weighted by Crippen LogP contribution is 2.23. The van der Waals surface area contributed by atoms with Gasteiger partial charge >= 0.3 is 0 Å². The van der Waals surface area contributed by atoms with E-state index in [1.165, 1.54) is 26.7 Å². The Balaban J connectivity index is 2.61. The maximum Gasteiger partial charge on any atom is 0.176 e. The Morgan fingerprint density at radius 3 is 2.75 bits per heavy atom. The smallest absolute Gasteiger partial charge is 0.135 e. The molecule has 0 heterocycles. The van der Waals surface area contributed by atoms with Gasteiger partial charge in [-0.05, 0) is 25.8 Å². The fraction of sp³-hybridized carbons (Fsp3) is 0.273. The molecule has 1 heteroatoms. The molecule has 0 atom stereocenters. The summed E-state index contributed by atoms with van der Waals surface area (Å²) in [4.78, 5) is 0. The Morgan fingerprint density at radius 2 is 2.00 bits per heavy atom. The summed E-state index contributed by atoms with van der Waals surface area (Å²) in [5.74, 6) is 0. The first-order chi connectivity index (χ1) is 5.66. The van der Waals surface area contributed by atoms with Gasteiger partial charge in [-0.3, -0.25) is 0 Å². The molecule has 0 saturated carbocycles. The average Bonchev–Trinajstić information content (AvgIpc) is 2.29. The lowest BCUT2D eigenvalue weighted by Crippen LogP contribution is -2.10. The van der Waals surface area contributed by atoms with Crippen molar-refractivity contribution < 1.29 is 0 Å². The molecule has 0 aliphatic heterocycles. The normalized spacial score (nSPS) is 14.3. The minimum atomic E-state index is 1.13. The maximum absolute atomic E-state index is 2.82. The molecule has 1 aromatic rings. The highest BCUT2D eigenvalue weighted by molar-refractivity contribution is 6.33. The van der Waals surface area contributed by atoms with Crippen LogP contribution in [0.3, 0.4) is 0 Å². The Bertz CT molecular complexity index is 362. The summed E-state index contributed by atoms with van der Waals surface area (Å²) in [7, 11) is 0. The predicted octanol–water partition coefficient (Wildman–Crippen LogP) is 1.75. The Labute approximate surface area is 81.7 Å². The number of hydrogen-bond acceptors (Lipinski definition) is 0. The van der Waals surface area contributed by atoms with Crippen LogP contribution in [0.15, 0.2) is 17.7 Å². The molecule has 1 aliphatic rings. The molecule has 2 radical (unpaired) electrons. The quantitative estimate of drug-likeness (QED) is 0.520. The predicted molar refractivity (Wildman–Crippen MR) is 53.9 cm³/mol. The number of benzene rings is 1. The van der Waals surface area contributed by atoms with Crippen LogP contribution < -0.4 is 4.43 Å². The summed E-state index contributed by atoms with van der Waals surface area (Å²) in [6.07, 6.45) is 3.42. The number of allylic oxidation sites excluding steroid dienone is 1. The van der Waals surface area contributed by atoms with E-state index >= 15 is 0 Å². The van der Waals surface area contributed by atoms with Gasteiger partial charge in [0.05, 0.1) is 0 Å². The molecule has 0 aromatic heterocycles. The third-order valence-corrected chi connectivity index (χ3v) is 2.84. The molecule has 0 nitrogen and oxygen atoms in total. The maximum atomic E-state index is 2.82. The zero-order valence-corrected chi connectivity index (χ0v) is 8.67. The number of rotatable bonds is 0. The second kappa shape index (κ2) is 2.76. The largest absolute Gasteiger partial charge is 0.176 e. The van der Waals surface area contributed by atoms with Gasteiger partial charge in [0.15, 0.2) is 16.3 Å². The molecule has 0 unspecified atom stereocenters. The van der Waals surface area contributed by atoms with Crippen molar-refractivity contribution in [2.75, 3.05) is 0 Å². The third kappa shape index (κ3) is 1.24. The molecule has 0 spiro atoms. The second-order valence-corrected chi connectivity index (χ2v) is 4.21. The number of hydrogen-bond donors (Lipinski definition) is 0. The van der Waals surface area contributed by atoms with Crippen LogP contribution in [0.1, 0.15) is 23.6 Å². The van der Waals surface area contributed by atoms with Gasteiger partial charge in [0.25, 0.3) is 0 Å². The van der Waals surface area contributed by atoms with Gasteiger partial charge < -0.3 is 0 Å². The van der Waals surface area contributed by atoms with Crippen LogP contribution in [-0.2, 0) is 6.42 Å². The van der Waals surface area contributed by atoms with Crippen LogP contribution >= 0.6 is 0 Å². The van der Waals surface area contributed by atoms with Gasteiger partial charge in [0, 0.05) is 0 Å². The first-order valence-corrected chi connectivity index (χ1v) is 4.81. The van der Waals surface area contributed by atoms with E-state index in [4.69, 9.17) is 0 Å². The van der Waals surface area contributed by atoms with Gasteiger partial charge in [0.1, 0.15) is 0 Å². The van der Waals surface area contributed by atoms with Gasteiger partial charge in [0.2, 0.25) is 0 Å². The Kier molecular flexibility index (Phi) is 1.87. The van der Waals surface area contributed by atoms with Crippen LogP contribution in [0.2, 0.25) is 0 Å². The van der Waals surface area contributed by atoms with E-state index in [1.807, 2.05) is 0 Å². The fourth-order valence-electron chi connectivity index (χ4n) is 1.80. The summed E-state index contributed by atoms with van der Waals surface area (Å²) < 4.78 is 1.36. The zero-order valence-electron chi connectivity index (χ0n) is 7.52. The SMILES string of the molecule is CC1=Cc2cc(C)c[c]([Al])c2C1. The molecular formula is C11H11Al. The topological polar surface area (TPSA) is 0 Å². The molecule has 1 aromatic carbocycles. The molecule has 58 valence electrons. The van der Waals surface area contributed by atoms with Crippen molar-refractivity contribution in [3.63, 3.8) is 0 Å².